The first-order valence-electron chi connectivity index (χ1n) is 8.57. The van der Waals surface area contributed by atoms with Gasteiger partial charge in [-0.2, -0.15) is 0 Å². The van der Waals surface area contributed by atoms with E-state index in [2.05, 4.69) is 4.90 Å². The van der Waals surface area contributed by atoms with Crippen LogP contribution >= 0.6 is 0 Å². The van der Waals surface area contributed by atoms with Crippen LogP contribution in [0.2, 0.25) is 0 Å². The average molecular weight is 336 g/mol. The maximum atomic E-state index is 13.7. The van der Waals surface area contributed by atoms with E-state index in [0.717, 1.165) is 32.0 Å². The molecule has 1 aromatic carbocycles. The average Bonchev–Trinajstić information content (AvgIpc) is 2.98. The number of carbonyl (C=O) groups excluding carboxylic acids is 1. The van der Waals surface area contributed by atoms with Crippen molar-refractivity contribution in [1.82, 2.24) is 9.80 Å². The van der Waals surface area contributed by atoms with Crippen LogP contribution in [-0.4, -0.2) is 61.1 Å². The quantitative estimate of drug-likeness (QED) is 0.846. The molecule has 4 saturated heterocycles. The van der Waals surface area contributed by atoms with Gasteiger partial charge in [-0.15, -0.1) is 0 Å². The first kappa shape index (κ1) is 16.0. The van der Waals surface area contributed by atoms with Crippen LogP contribution in [0.1, 0.15) is 24.3 Å². The predicted molar refractivity (Wildman–Crippen MR) is 84.6 cm³/mol. The van der Waals surface area contributed by atoms with E-state index in [0.29, 0.717) is 18.0 Å². The molecule has 4 aliphatic heterocycles. The van der Waals surface area contributed by atoms with Crippen LogP contribution in [0.25, 0.3) is 0 Å². The Balaban J connectivity index is 1.71. The van der Waals surface area contributed by atoms with Crippen molar-refractivity contribution in [2.75, 3.05) is 33.4 Å². The minimum Gasteiger partial charge on any atom is -0.375 e. The molecule has 2 bridgehead atoms. The number of rotatable bonds is 3. The molecule has 0 radical (unpaired) electrons. The van der Waals surface area contributed by atoms with Crippen molar-refractivity contribution in [2.24, 2.45) is 5.92 Å². The number of benzene rings is 1. The molecule has 4 fully saturated rings. The van der Waals surface area contributed by atoms with Gasteiger partial charge in [0.25, 0.3) is 0 Å². The Morgan fingerprint density at radius 3 is 2.46 bits per heavy atom. The minimum absolute atomic E-state index is 0.0272. The Labute approximate surface area is 140 Å². The van der Waals surface area contributed by atoms with E-state index in [4.69, 9.17) is 4.74 Å². The van der Waals surface area contributed by atoms with Gasteiger partial charge in [-0.1, -0.05) is 0 Å². The number of hydrogen-bond donors (Lipinski definition) is 0. The fourth-order valence-corrected chi connectivity index (χ4v) is 4.99. The van der Waals surface area contributed by atoms with Gasteiger partial charge in [0, 0.05) is 31.7 Å². The Morgan fingerprint density at radius 2 is 1.83 bits per heavy atom. The fraction of sp³-hybridized carbons (Fsp3) is 0.611. The Kier molecular flexibility index (Phi) is 4.04. The molecule has 1 aromatic rings. The molecule has 24 heavy (non-hydrogen) atoms. The minimum atomic E-state index is -0.556. The van der Waals surface area contributed by atoms with Crippen LogP contribution in [0.15, 0.2) is 18.2 Å². The van der Waals surface area contributed by atoms with E-state index in [1.807, 2.05) is 4.90 Å². The van der Waals surface area contributed by atoms with Crippen molar-refractivity contribution in [2.45, 2.75) is 30.8 Å². The van der Waals surface area contributed by atoms with Crippen LogP contribution in [0.4, 0.5) is 8.78 Å². The maximum Gasteiger partial charge on any atom is 0.248 e. The first-order chi connectivity index (χ1) is 11.6. The molecule has 6 heteroatoms. The number of carbonyl (C=O) groups is 1. The second-order valence-electron chi connectivity index (χ2n) is 7.14. The monoisotopic (exact) mass is 336 g/mol. The number of halogens is 2. The summed E-state index contributed by atoms with van der Waals surface area (Å²) in [6.45, 7) is 2.58. The second-order valence-corrected chi connectivity index (χ2v) is 7.14. The summed E-state index contributed by atoms with van der Waals surface area (Å²) in [6.07, 6.45) is 2.17. The van der Waals surface area contributed by atoms with Gasteiger partial charge in [-0.05, 0) is 49.5 Å². The molecular weight excluding hydrogens is 314 g/mol. The molecule has 0 aliphatic carbocycles. The lowest BCUT2D eigenvalue weighted by molar-refractivity contribution is -0.139. The maximum absolute atomic E-state index is 13.7. The van der Waals surface area contributed by atoms with Crippen molar-refractivity contribution in [3.8, 4) is 0 Å². The third-order valence-corrected chi connectivity index (χ3v) is 5.90. The topological polar surface area (TPSA) is 32.8 Å². The van der Waals surface area contributed by atoms with Crippen LogP contribution in [0.5, 0.6) is 0 Å². The summed E-state index contributed by atoms with van der Waals surface area (Å²) in [6, 6.07) is 4.01. The lowest BCUT2D eigenvalue weighted by atomic mass is 9.75. The van der Waals surface area contributed by atoms with Gasteiger partial charge in [0.2, 0.25) is 5.91 Å². The molecule has 0 N–H and O–H groups in total. The number of fused-ring (bicyclic) bond motifs is 2. The molecular formula is C18H22F2N2O2. The molecule has 1 amide bonds. The number of ether oxygens (including phenoxy) is 1. The molecule has 0 spiro atoms. The molecule has 0 unspecified atom stereocenters. The Hall–Kier alpha value is -1.53. The van der Waals surface area contributed by atoms with Gasteiger partial charge < -0.3 is 9.64 Å². The smallest absolute Gasteiger partial charge is 0.248 e. The summed E-state index contributed by atoms with van der Waals surface area (Å²) in [5, 5.41) is 0. The third kappa shape index (κ3) is 2.52. The Bertz CT molecular complexity index is 626. The van der Waals surface area contributed by atoms with E-state index in [9.17, 15) is 13.6 Å². The van der Waals surface area contributed by atoms with Crippen molar-refractivity contribution in [1.29, 1.82) is 0 Å². The molecule has 0 aromatic heterocycles. The van der Waals surface area contributed by atoms with E-state index >= 15 is 0 Å². The molecule has 5 rings (SSSR count). The number of methoxy groups -OCH3 is 1. The zero-order valence-corrected chi connectivity index (χ0v) is 13.8. The Morgan fingerprint density at radius 1 is 1.17 bits per heavy atom. The largest absolute Gasteiger partial charge is 0.375 e. The van der Waals surface area contributed by atoms with Gasteiger partial charge in [-0.3, -0.25) is 9.69 Å². The molecule has 4 aliphatic rings. The first-order valence-corrected chi connectivity index (χ1v) is 8.57. The van der Waals surface area contributed by atoms with Gasteiger partial charge >= 0.3 is 0 Å². The van der Waals surface area contributed by atoms with Crippen molar-refractivity contribution >= 4 is 5.91 Å². The second kappa shape index (κ2) is 6.08. The summed E-state index contributed by atoms with van der Waals surface area (Å²) in [5.74, 6) is -0.715. The lowest BCUT2D eigenvalue weighted by Crippen LogP contribution is -2.61. The van der Waals surface area contributed by atoms with E-state index < -0.39 is 11.6 Å². The zero-order valence-electron chi connectivity index (χ0n) is 13.8. The summed E-state index contributed by atoms with van der Waals surface area (Å²) in [5.41, 5.74) is 0.655. The highest BCUT2D eigenvalue weighted by atomic mass is 19.1. The molecule has 3 atom stereocenters. The van der Waals surface area contributed by atoms with Gasteiger partial charge in [0.15, 0.2) is 0 Å². The van der Waals surface area contributed by atoms with Crippen LogP contribution < -0.4 is 0 Å². The number of hydrogen-bond acceptors (Lipinski definition) is 3. The fourth-order valence-electron chi connectivity index (χ4n) is 4.99. The molecule has 4 nitrogen and oxygen atoms in total. The van der Waals surface area contributed by atoms with Gasteiger partial charge in [-0.25, -0.2) is 8.78 Å². The molecule has 4 heterocycles. The van der Waals surface area contributed by atoms with Crippen LogP contribution in [0.3, 0.4) is 0 Å². The number of piperidine rings is 3. The third-order valence-electron chi connectivity index (χ3n) is 5.90. The molecule has 130 valence electrons. The SMILES string of the molecule is COCC(=O)N1C[C@H](c2cc(F)cc(F)c2)[C@@H]2[C@H]1C1CCN2CC1. The summed E-state index contributed by atoms with van der Waals surface area (Å²) < 4.78 is 32.5. The summed E-state index contributed by atoms with van der Waals surface area (Å²) in [4.78, 5) is 16.8. The van der Waals surface area contributed by atoms with Gasteiger partial charge in [0.1, 0.15) is 18.2 Å². The van der Waals surface area contributed by atoms with Gasteiger partial charge in [0.05, 0.1) is 6.04 Å². The lowest BCUT2D eigenvalue weighted by Gasteiger charge is -2.51. The van der Waals surface area contributed by atoms with E-state index in [1.165, 1.54) is 19.2 Å². The van der Waals surface area contributed by atoms with E-state index in [1.54, 1.807) is 0 Å². The normalized spacial score (nSPS) is 34.5. The van der Waals surface area contributed by atoms with Crippen molar-refractivity contribution in [3.05, 3.63) is 35.4 Å². The van der Waals surface area contributed by atoms with E-state index in [-0.39, 0.29) is 30.5 Å². The van der Waals surface area contributed by atoms with Crippen molar-refractivity contribution < 1.29 is 18.3 Å². The number of likely N-dealkylation sites (tertiary alicyclic amines) is 1. The highest BCUT2D eigenvalue weighted by molar-refractivity contribution is 5.78. The summed E-state index contributed by atoms with van der Waals surface area (Å²) in [7, 11) is 1.52. The highest BCUT2D eigenvalue weighted by Crippen LogP contribution is 2.46. The number of nitrogens with zero attached hydrogens (tertiary/aromatic N) is 2. The molecule has 0 saturated carbocycles. The number of amides is 1. The standard InChI is InChI=1S/C18H22F2N2O2/c1-24-10-16(23)22-9-15(12-6-13(19)8-14(20)7-12)18-17(22)11-2-4-21(18)5-3-11/h6-8,11,15,17-18H,2-5,9-10H2,1H3/t15-,17-,18-/m1/s1. The van der Waals surface area contributed by atoms with Crippen LogP contribution in [0, 0.1) is 17.6 Å². The highest BCUT2D eigenvalue weighted by Gasteiger charge is 2.54. The predicted octanol–water partition coefficient (Wildman–Crippen LogP) is 2.00. The summed E-state index contributed by atoms with van der Waals surface area (Å²) >= 11 is 0. The van der Waals surface area contributed by atoms with Crippen molar-refractivity contribution in [3.63, 3.8) is 0 Å². The van der Waals surface area contributed by atoms with Crippen LogP contribution in [-0.2, 0) is 9.53 Å². The zero-order chi connectivity index (χ0) is 16.8.